The van der Waals surface area contributed by atoms with E-state index < -0.39 is 0 Å². The number of para-hydroxylation sites is 6. The zero-order valence-corrected chi connectivity index (χ0v) is 40.7. The van der Waals surface area contributed by atoms with Gasteiger partial charge >= 0.3 is 0 Å². The van der Waals surface area contributed by atoms with Crippen molar-refractivity contribution in [1.82, 2.24) is 18.3 Å². The van der Waals surface area contributed by atoms with Crippen LogP contribution in [-0.4, -0.2) is 18.3 Å². The Morgan fingerprint density at radius 3 is 1.23 bits per heavy atom. The van der Waals surface area contributed by atoms with Gasteiger partial charge in [0.05, 0.1) is 73.1 Å². The van der Waals surface area contributed by atoms with E-state index in [-0.39, 0.29) is 0 Å². The molecule has 75 heavy (non-hydrogen) atoms. The Hall–Kier alpha value is -10.4. The third-order valence-corrected chi connectivity index (χ3v) is 15.5. The normalized spacial score (nSPS) is 11.8. The molecule has 15 rings (SSSR count). The maximum Gasteiger partial charge on any atom is 0.0998 e. The van der Waals surface area contributed by atoms with Crippen molar-refractivity contribution in [3.05, 3.63) is 253 Å². The van der Waals surface area contributed by atoms with E-state index in [9.17, 15) is 10.5 Å². The van der Waals surface area contributed by atoms with Crippen molar-refractivity contribution in [1.29, 1.82) is 10.5 Å². The molecular formula is C69H42N6. The predicted molar refractivity (Wildman–Crippen MR) is 309 cm³/mol. The maximum absolute atomic E-state index is 11.3. The average Bonchev–Trinajstić information content (AvgIpc) is 4.29. The second kappa shape index (κ2) is 16.3. The SMILES string of the molecule is Cc1cc(C#N)ccc1-c1ccc(-n2c3ccccc3c3cc4c5ccccc5n(-c5ccccc5)c4cc32)c(-c2cc(-n3c4ccccc4c4cc5c6ccccc6n(-c6ccccc6)c5cc43)ccc2C#N)c1. The molecule has 0 saturated carbocycles. The quantitative estimate of drug-likeness (QED) is 0.167. The van der Waals surface area contributed by atoms with Crippen LogP contribution in [0.5, 0.6) is 0 Å². The molecule has 0 fully saturated rings. The fraction of sp³-hybridized carbons (Fsp3) is 0.0145. The Kier molecular flexibility index (Phi) is 9.20. The van der Waals surface area contributed by atoms with E-state index in [4.69, 9.17) is 0 Å². The summed E-state index contributed by atoms with van der Waals surface area (Å²) in [7, 11) is 0. The van der Waals surface area contributed by atoms with Gasteiger partial charge < -0.3 is 18.3 Å². The topological polar surface area (TPSA) is 67.3 Å². The lowest BCUT2D eigenvalue weighted by atomic mass is 9.92. The molecule has 0 unspecified atom stereocenters. The average molecular weight is 955 g/mol. The van der Waals surface area contributed by atoms with E-state index >= 15 is 0 Å². The molecule has 11 aromatic carbocycles. The minimum atomic E-state index is 0.563. The van der Waals surface area contributed by atoms with Crippen LogP contribution in [0.3, 0.4) is 0 Å². The van der Waals surface area contributed by atoms with Gasteiger partial charge in [0.25, 0.3) is 0 Å². The van der Waals surface area contributed by atoms with Crippen molar-refractivity contribution >= 4 is 87.2 Å². The van der Waals surface area contributed by atoms with Crippen LogP contribution in [0.15, 0.2) is 237 Å². The van der Waals surface area contributed by atoms with Crippen molar-refractivity contribution < 1.29 is 0 Å². The van der Waals surface area contributed by atoms with Crippen molar-refractivity contribution in [3.8, 4) is 57.1 Å². The van der Waals surface area contributed by atoms with Gasteiger partial charge in [-0.1, -0.05) is 121 Å². The molecule has 6 heteroatoms. The van der Waals surface area contributed by atoms with Gasteiger partial charge in [-0.15, -0.1) is 0 Å². The van der Waals surface area contributed by atoms with Crippen LogP contribution in [0.4, 0.5) is 0 Å². The molecule has 0 amide bonds. The van der Waals surface area contributed by atoms with Gasteiger partial charge in [0.1, 0.15) is 0 Å². The Labute approximate surface area is 431 Å². The van der Waals surface area contributed by atoms with E-state index in [1.54, 1.807) is 0 Å². The molecule has 348 valence electrons. The minimum Gasteiger partial charge on any atom is -0.309 e. The number of nitriles is 2. The van der Waals surface area contributed by atoms with Gasteiger partial charge in [-0.3, -0.25) is 0 Å². The number of fused-ring (bicyclic) bond motifs is 12. The summed E-state index contributed by atoms with van der Waals surface area (Å²) in [5.41, 5.74) is 18.8. The molecule has 0 radical (unpaired) electrons. The molecule has 0 spiro atoms. The lowest BCUT2D eigenvalue weighted by molar-refractivity contribution is 1.16. The smallest absolute Gasteiger partial charge is 0.0998 e. The van der Waals surface area contributed by atoms with Crippen LogP contribution in [0, 0.1) is 29.6 Å². The summed E-state index contributed by atoms with van der Waals surface area (Å²) in [4.78, 5) is 0. The van der Waals surface area contributed by atoms with Gasteiger partial charge in [-0.25, -0.2) is 0 Å². The highest BCUT2D eigenvalue weighted by molar-refractivity contribution is 6.21. The van der Waals surface area contributed by atoms with Crippen molar-refractivity contribution in [2.24, 2.45) is 0 Å². The number of rotatable bonds is 6. The maximum atomic E-state index is 11.3. The summed E-state index contributed by atoms with van der Waals surface area (Å²) < 4.78 is 9.52. The van der Waals surface area contributed by atoms with Gasteiger partial charge in [0.2, 0.25) is 0 Å². The number of hydrogen-bond donors (Lipinski definition) is 0. The van der Waals surface area contributed by atoms with Crippen LogP contribution in [0.2, 0.25) is 0 Å². The summed E-state index contributed by atoms with van der Waals surface area (Å²) >= 11 is 0. The van der Waals surface area contributed by atoms with E-state index in [0.29, 0.717) is 11.1 Å². The van der Waals surface area contributed by atoms with Crippen molar-refractivity contribution in [2.45, 2.75) is 6.92 Å². The number of benzene rings is 11. The fourth-order valence-electron chi connectivity index (χ4n) is 12.3. The molecule has 0 N–H and O–H groups in total. The van der Waals surface area contributed by atoms with Crippen LogP contribution in [-0.2, 0) is 0 Å². The Balaban J connectivity index is 1.03. The zero-order chi connectivity index (χ0) is 49.9. The number of nitrogens with zero attached hydrogens (tertiary/aromatic N) is 6. The highest BCUT2D eigenvalue weighted by Crippen LogP contribution is 2.45. The monoisotopic (exact) mass is 954 g/mol. The summed E-state index contributed by atoms with van der Waals surface area (Å²) in [6, 6.07) is 89.1. The Morgan fingerprint density at radius 1 is 0.293 bits per heavy atom. The molecular weight excluding hydrogens is 913 g/mol. The molecule has 0 saturated heterocycles. The van der Waals surface area contributed by atoms with Crippen LogP contribution in [0.25, 0.3) is 132 Å². The standard InChI is InChI=1S/C69H42N6/c1-43-34-44(41-70)28-32-50(43)45-30-33-65(75-64-27-15-11-23-54(64)60-38-58-52-21-9-13-25-62(52)73(67(58)40-69(60)75)48-18-6-3-7-19-48)56(35-45)55-36-49(31-29-46(55)42-71)74-63-26-14-10-22-53(63)59-37-57-51-20-8-12-24-61(51)72(66(57)39-68(59)74)47-16-4-2-5-17-47/h2-40H,1H3. The van der Waals surface area contributed by atoms with Crippen molar-refractivity contribution in [2.75, 3.05) is 0 Å². The van der Waals surface area contributed by atoms with Gasteiger partial charge in [-0.05, 0) is 139 Å². The third kappa shape index (κ3) is 6.24. The van der Waals surface area contributed by atoms with Gasteiger partial charge in [0, 0.05) is 71.3 Å². The lowest BCUT2D eigenvalue weighted by Crippen LogP contribution is -2.01. The fourth-order valence-corrected chi connectivity index (χ4v) is 12.3. The highest BCUT2D eigenvalue weighted by Gasteiger charge is 2.24. The Morgan fingerprint density at radius 2 is 0.747 bits per heavy atom. The minimum absolute atomic E-state index is 0.563. The highest BCUT2D eigenvalue weighted by atomic mass is 15.0. The van der Waals surface area contributed by atoms with E-state index in [1.807, 2.05) is 24.3 Å². The van der Waals surface area contributed by atoms with Crippen LogP contribution >= 0.6 is 0 Å². The lowest BCUT2D eigenvalue weighted by Gasteiger charge is -2.19. The third-order valence-electron chi connectivity index (χ3n) is 15.5. The molecule has 6 nitrogen and oxygen atoms in total. The van der Waals surface area contributed by atoms with Gasteiger partial charge in [0.15, 0.2) is 0 Å². The molecule has 0 atom stereocenters. The molecule has 4 aromatic heterocycles. The molecule has 4 heterocycles. The first kappa shape index (κ1) is 42.3. The summed E-state index contributed by atoms with van der Waals surface area (Å²) in [5.74, 6) is 0. The van der Waals surface area contributed by atoms with E-state index in [0.717, 1.165) is 116 Å². The molecule has 15 aromatic rings. The first-order valence-corrected chi connectivity index (χ1v) is 25.3. The van der Waals surface area contributed by atoms with Gasteiger partial charge in [-0.2, -0.15) is 10.5 Å². The number of hydrogen-bond acceptors (Lipinski definition) is 2. The summed E-state index contributed by atoms with van der Waals surface area (Å²) in [6.45, 7) is 2.06. The molecule has 0 aliphatic heterocycles. The predicted octanol–water partition coefficient (Wildman–Crippen LogP) is 17.5. The van der Waals surface area contributed by atoms with Crippen LogP contribution < -0.4 is 0 Å². The number of aromatic nitrogens is 4. The Bertz CT molecular complexity index is 4970. The van der Waals surface area contributed by atoms with E-state index in [2.05, 4.69) is 250 Å². The van der Waals surface area contributed by atoms with Crippen molar-refractivity contribution in [3.63, 3.8) is 0 Å². The van der Waals surface area contributed by atoms with E-state index in [1.165, 1.54) is 21.5 Å². The molecule has 0 aliphatic rings. The second-order valence-electron chi connectivity index (χ2n) is 19.6. The summed E-state index contributed by atoms with van der Waals surface area (Å²) in [6.07, 6.45) is 0. The van der Waals surface area contributed by atoms with Crippen LogP contribution in [0.1, 0.15) is 16.7 Å². The number of aryl methyl sites for hydroxylation is 1. The second-order valence-corrected chi connectivity index (χ2v) is 19.6. The zero-order valence-electron chi connectivity index (χ0n) is 40.7. The first-order chi connectivity index (χ1) is 37.0. The largest absolute Gasteiger partial charge is 0.309 e. The summed E-state index contributed by atoms with van der Waals surface area (Å²) in [5, 5.41) is 30.5. The first-order valence-electron chi connectivity index (χ1n) is 25.3. The molecule has 0 bridgehead atoms. The molecule has 0 aliphatic carbocycles.